The van der Waals surface area contributed by atoms with E-state index < -0.39 is 0 Å². The molecule has 0 aromatic rings. The van der Waals surface area contributed by atoms with Gasteiger partial charge < -0.3 is 24.4 Å². The highest BCUT2D eigenvalue weighted by Crippen LogP contribution is 2.18. The molecule has 0 saturated carbocycles. The number of hydrogen-bond donors (Lipinski definition) is 0. The van der Waals surface area contributed by atoms with Crippen LogP contribution in [0.2, 0.25) is 0 Å². The lowest BCUT2D eigenvalue weighted by atomic mass is 9.94. The van der Waals surface area contributed by atoms with Crippen molar-refractivity contribution in [3.05, 3.63) is 35.1 Å². The molecule has 7 heteroatoms. The van der Waals surface area contributed by atoms with E-state index in [1.807, 2.05) is 18.6 Å². The fourth-order valence-electron chi connectivity index (χ4n) is 3.34. The number of allylic oxidation sites excluding steroid dienone is 2. The molecule has 0 spiro atoms. The van der Waals surface area contributed by atoms with Crippen LogP contribution in [0, 0.1) is 6.42 Å². The molecule has 0 amide bonds. The zero-order valence-corrected chi connectivity index (χ0v) is 16.1. The normalized spacial score (nSPS) is 29.9. The molecule has 4 bridgehead atoms. The zero-order valence-electron chi connectivity index (χ0n) is 16.1. The van der Waals surface area contributed by atoms with Crippen molar-refractivity contribution < 1.29 is 18.9 Å². The van der Waals surface area contributed by atoms with Crippen LogP contribution in [0.5, 0.6) is 0 Å². The predicted molar refractivity (Wildman–Crippen MR) is 105 cm³/mol. The summed E-state index contributed by atoms with van der Waals surface area (Å²) in [7, 11) is 0. The van der Waals surface area contributed by atoms with Crippen LogP contribution in [0.1, 0.15) is 0 Å². The van der Waals surface area contributed by atoms with Crippen molar-refractivity contribution in [2.24, 2.45) is 0 Å². The van der Waals surface area contributed by atoms with E-state index in [1.165, 1.54) is 0 Å². The van der Waals surface area contributed by atoms with Gasteiger partial charge in [0.1, 0.15) is 0 Å². The highest BCUT2D eigenvalue weighted by atomic mass is 16.5. The molecule has 7 nitrogen and oxygen atoms in total. The van der Waals surface area contributed by atoms with Gasteiger partial charge in [-0.1, -0.05) is 0 Å². The van der Waals surface area contributed by atoms with Crippen molar-refractivity contribution in [2.75, 3.05) is 92.1 Å². The monoisotopic (exact) mass is 377 g/mol. The maximum absolute atomic E-state index is 10.8. The third-order valence-electron chi connectivity index (χ3n) is 4.94. The van der Waals surface area contributed by atoms with Crippen LogP contribution < -0.4 is 0 Å². The molecule has 2 heterocycles. The van der Waals surface area contributed by atoms with Gasteiger partial charge in [-0.3, -0.25) is 9.80 Å². The molecule has 1 aliphatic carbocycles. The summed E-state index contributed by atoms with van der Waals surface area (Å²) in [5, 5.41) is 10.8. The molecule has 0 N–H and O–H groups in total. The van der Waals surface area contributed by atoms with Crippen molar-refractivity contribution in [1.82, 2.24) is 9.80 Å². The lowest BCUT2D eigenvalue weighted by molar-refractivity contribution is 0.0106. The Labute approximate surface area is 162 Å². The third kappa shape index (κ3) is 7.03. The van der Waals surface area contributed by atoms with Gasteiger partial charge >= 0.3 is 0 Å². The molecule has 2 saturated heterocycles. The summed E-state index contributed by atoms with van der Waals surface area (Å²) >= 11 is 0. The Bertz CT molecular complexity index is 471. The van der Waals surface area contributed by atoms with Gasteiger partial charge in [-0.05, 0) is 5.71 Å². The molecule has 3 rings (SSSR count). The molecule has 2 aliphatic heterocycles. The van der Waals surface area contributed by atoms with Gasteiger partial charge in [-0.15, -0.1) is 0 Å². The Hall–Kier alpha value is -1.22. The average Bonchev–Trinajstić information content (AvgIpc) is 2.67. The second-order valence-corrected chi connectivity index (χ2v) is 6.93. The van der Waals surface area contributed by atoms with Gasteiger partial charge in [0.25, 0.3) is 0 Å². The minimum absolute atomic E-state index is 0.390. The van der Waals surface area contributed by atoms with E-state index in [9.17, 15) is 5.41 Å². The second-order valence-electron chi connectivity index (χ2n) is 6.93. The van der Waals surface area contributed by atoms with Gasteiger partial charge in [-0.2, -0.15) is 0 Å². The third-order valence-corrected chi connectivity index (χ3v) is 4.94. The van der Waals surface area contributed by atoms with Crippen molar-refractivity contribution in [2.45, 2.75) is 0 Å². The summed E-state index contributed by atoms with van der Waals surface area (Å²) in [5.41, 5.74) is 2.29. The highest BCUT2D eigenvalue weighted by Gasteiger charge is 2.22. The Kier molecular flexibility index (Phi) is 8.80. The van der Waals surface area contributed by atoms with Crippen LogP contribution in [-0.2, 0) is 18.9 Å². The minimum Gasteiger partial charge on any atom is -0.778 e. The van der Waals surface area contributed by atoms with E-state index in [4.69, 9.17) is 18.9 Å². The fraction of sp³-hybridized carbons (Fsp3) is 0.700. The summed E-state index contributed by atoms with van der Waals surface area (Å²) < 4.78 is 22.9. The fourth-order valence-corrected chi connectivity index (χ4v) is 3.34. The van der Waals surface area contributed by atoms with Crippen LogP contribution in [-0.4, -0.2) is 108 Å². The van der Waals surface area contributed by atoms with Gasteiger partial charge in [0.2, 0.25) is 0 Å². The smallest absolute Gasteiger partial charge is 0.0701 e. The standard InChI is InChI=1S/C20H31N3O4/c21-20-18-2-1-3-19(20)17-23-6-10-26-14-12-24-8-4-22(16-18)5-9-25-13-15-27-11-7-23/h1-3H,4-17H2. The van der Waals surface area contributed by atoms with E-state index in [-0.39, 0.29) is 0 Å². The van der Waals surface area contributed by atoms with E-state index in [0.717, 1.165) is 37.3 Å². The lowest BCUT2D eigenvalue weighted by Crippen LogP contribution is -2.36. The number of ether oxygens (including phenoxy) is 4. The van der Waals surface area contributed by atoms with Crippen LogP contribution in [0.3, 0.4) is 0 Å². The van der Waals surface area contributed by atoms with Gasteiger partial charge in [0.15, 0.2) is 0 Å². The SMILES string of the molecule is [N-]=C1C2=C[CH+]C=C1CN1CCOCCOCCN(CCOCCOCC1)C2. The van der Waals surface area contributed by atoms with Crippen molar-refractivity contribution in [3.63, 3.8) is 0 Å². The largest absolute Gasteiger partial charge is 0.778 e. The Morgan fingerprint density at radius 1 is 0.630 bits per heavy atom. The molecule has 27 heavy (non-hydrogen) atoms. The van der Waals surface area contributed by atoms with Crippen LogP contribution >= 0.6 is 0 Å². The van der Waals surface area contributed by atoms with E-state index >= 15 is 0 Å². The number of nitrogens with zero attached hydrogens (tertiary/aromatic N) is 3. The Morgan fingerprint density at radius 2 is 1.00 bits per heavy atom. The molecule has 150 valence electrons. The highest BCUT2D eigenvalue weighted by molar-refractivity contribution is 6.16. The molecular formula is C20H31N3O4. The van der Waals surface area contributed by atoms with Crippen LogP contribution in [0.25, 0.3) is 5.41 Å². The molecular weight excluding hydrogens is 346 g/mol. The molecule has 0 aromatic heterocycles. The molecule has 3 aliphatic rings. The Morgan fingerprint density at radius 3 is 1.37 bits per heavy atom. The maximum atomic E-state index is 10.8. The quantitative estimate of drug-likeness (QED) is 0.581. The van der Waals surface area contributed by atoms with Crippen LogP contribution in [0.15, 0.2) is 23.3 Å². The number of fused-ring (bicyclic) bond motifs is 2. The number of hydrogen-bond acceptors (Lipinski definition) is 6. The summed E-state index contributed by atoms with van der Waals surface area (Å²) in [6.45, 7) is 9.48. The van der Waals surface area contributed by atoms with E-state index in [0.29, 0.717) is 71.7 Å². The van der Waals surface area contributed by atoms with E-state index in [1.54, 1.807) is 0 Å². The molecule has 0 atom stereocenters. The second kappa shape index (κ2) is 11.6. The summed E-state index contributed by atoms with van der Waals surface area (Å²) in [4.78, 5) is 4.52. The summed E-state index contributed by atoms with van der Waals surface area (Å²) in [6.07, 6.45) is 6.03. The first-order chi connectivity index (χ1) is 13.3. The molecule has 0 unspecified atom stereocenters. The van der Waals surface area contributed by atoms with Crippen molar-refractivity contribution in [3.8, 4) is 0 Å². The lowest BCUT2D eigenvalue weighted by Gasteiger charge is -2.26. The first-order valence-corrected chi connectivity index (χ1v) is 9.88. The van der Waals surface area contributed by atoms with Gasteiger partial charge in [0, 0.05) is 32.6 Å². The maximum Gasteiger partial charge on any atom is 0.0701 e. The predicted octanol–water partition coefficient (Wildman–Crippen LogP) is 0.765. The Balaban J connectivity index is 1.76. The van der Waals surface area contributed by atoms with Gasteiger partial charge in [-0.25, -0.2) is 0 Å². The number of rotatable bonds is 0. The first kappa shape index (κ1) is 20.5. The summed E-state index contributed by atoms with van der Waals surface area (Å²) in [5.74, 6) is 0. The van der Waals surface area contributed by atoms with E-state index in [2.05, 4.69) is 9.80 Å². The van der Waals surface area contributed by atoms with Gasteiger partial charge in [0.05, 0.1) is 89.2 Å². The topological polar surface area (TPSA) is 65.7 Å². The zero-order chi connectivity index (χ0) is 18.7. The van der Waals surface area contributed by atoms with Crippen LogP contribution in [0.4, 0.5) is 0 Å². The molecule has 0 aromatic carbocycles. The molecule has 0 radical (unpaired) electrons. The minimum atomic E-state index is 0.390. The van der Waals surface area contributed by atoms with Crippen molar-refractivity contribution in [1.29, 1.82) is 0 Å². The summed E-state index contributed by atoms with van der Waals surface area (Å²) in [6, 6.07) is 0. The molecule has 2 fully saturated rings. The first-order valence-electron chi connectivity index (χ1n) is 9.88. The average molecular weight is 377 g/mol. The van der Waals surface area contributed by atoms with Crippen molar-refractivity contribution >= 4 is 5.71 Å².